The van der Waals surface area contributed by atoms with Gasteiger partial charge in [-0.1, -0.05) is 6.92 Å². The Balaban J connectivity index is 2.04. The number of ether oxygens (including phenoxy) is 2. The normalized spacial score (nSPS) is 16.5. The molecule has 0 saturated carbocycles. The summed E-state index contributed by atoms with van der Waals surface area (Å²) in [6.45, 7) is 4.16. The molecule has 0 N–H and O–H groups in total. The summed E-state index contributed by atoms with van der Waals surface area (Å²) in [5, 5.41) is 0. The summed E-state index contributed by atoms with van der Waals surface area (Å²) < 4.78 is 35.3. The van der Waals surface area contributed by atoms with Crippen LogP contribution >= 0.6 is 0 Å². The van der Waals surface area contributed by atoms with E-state index in [1.165, 1.54) is 11.4 Å². The number of hydrogen-bond acceptors (Lipinski definition) is 5. The third-order valence-corrected chi connectivity index (χ3v) is 5.15. The van der Waals surface area contributed by atoms with Crippen molar-refractivity contribution < 1.29 is 22.7 Å². The van der Waals surface area contributed by atoms with Crippen LogP contribution in [0.4, 0.5) is 5.69 Å². The Morgan fingerprint density at radius 1 is 1.29 bits per heavy atom. The SMILES string of the molecule is CC[C@@H](Oc1ccc(N(C)S(C)(=O)=O)cc1)C(=O)N1CCOCC1. The van der Waals surface area contributed by atoms with Crippen LogP contribution in [0.1, 0.15) is 13.3 Å². The molecular weight excluding hydrogens is 332 g/mol. The van der Waals surface area contributed by atoms with Crippen molar-refractivity contribution in [3.05, 3.63) is 24.3 Å². The van der Waals surface area contributed by atoms with Crippen molar-refractivity contribution in [2.45, 2.75) is 19.4 Å². The van der Waals surface area contributed by atoms with Gasteiger partial charge in [0.05, 0.1) is 25.2 Å². The largest absolute Gasteiger partial charge is 0.481 e. The van der Waals surface area contributed by atoms with E-state index < -0.39 is 16.1 Å². The topological polar surface area (TPSA) is 76.2 Å². The van der Waals surface area contributed by atoms with E-state index in [4.69, 9.17) is 9.47 Å². The van der Waals surface area contributed by atoms with Crippen molar-refractivity contribution in [2.24, 2.45) is 0 Å². The zero-order chi connectivity index (χ0) is 17.7. The third-order valence-electron chi connectivity index (χ3n) is 3.95. The van der Waals surface area contributed by atoms with Crippen molar-refractivity contribution in [1.82, 2.24) is 4.90 Å². The predicted molar refractivity (Wildman–Crippen MR) is 91.8 cm³/mol. The fourth-order valence-corrected chi connectivity index (χ4v) is 2.89. The third kappa shape index (κ3) is 4.61. The fraction of sp³-hybridized carbons (Fsp3) is 0.562. The maximum atomic E-state index is 12.5. The standard InChI is InChI=1S/C16H24N2O5S/c1-4-15(16(19)18-9-11-22-12-10-18)23-14-7-5-13(6-8-14)17(2)24(3,20)21/h5-8,15H,4,9-12H2,1-3H3/t15-/m1/s1. The Kier molecular flexibility index (Phi) is 6.06. The molecule has 1 aliphatic rings. The first-order valence-electron chi connectivity index (χ1n) is 7.90. The molecule has 1 saturated heterocycles. The van der Waals surface area contributed by atoms with Gasteiger partial charge in [0, 0.05) is 20.1 Å². The molecule has 1 aromatic carbocycles. The zero-order valence-corrected chi connectivity index (χ0v) is 15.1. The molecule has 0 spiro atoms. The van der Waals surface area contributed by atoms with Gasteiger partial charge >= 0.3 is 0 Å². The van der Waals surface area contributed by atoms with Gasteiger partial charge in [-0.2, -0.15) is 0 Å². The second kappa shape index (κ2) is 7.85. The maximum absolute atomic E-state index is 12.5. The highest BCUT2D eigenvalue weighted by Crippen LogP contribution is 2.22. The molecule has 1 heterocycles. The minimum atomic E-state index is -3.30. The quantitative estimate of drug-likeness (QED) is 0.763. The van der Waals surface area contributed by atoms with Gasteiger partial charge in [0.1, 0.15) is 5.75 Å². The van der Waals surface area contributed by atoms with Gasteiger partial charge in [0.15, 0.2) is 6.10 Å². The van der Waals surface area contributed by atoms with Crippen molar-refractivity contribution in [2.75, 3.05) is 43.9 Å². The van der Waals surface area contributed by atoms with Crippen LogP contribution in [0.3, 0.4) is 0 Å². The summed E-state index contributed by atoms with van der Waals surface area (Å²) in [5.41, 5.74) is 0.539. The second-order valence-corrected chi connectivity index (χ2v) is 7.69. The molecular formula is C16H24N2O5S. The Morgan fingerprint density at radius 3 is 2.38 bits per heavy atom. The molecule has 0 aromatic heterocycles. The lowest BCUT2D eigenvalue weighted by Crippen LogP contribution is -2.47. The maximum Gasteiger partial charge on any atom is 0.263 e. The average molecular weight is 356 g/mol. The van der Waals surface area contributed by atoms with Gasteiger partial charge in [0.25, 0.3) is 5.91 Å². The van der Waals surface area contributed by atoms with Crippen LogP contribution in [0, 0.1) is 0 Å². The van der Waals surface area contributed by atoms with Gasteiger partial charge in [0.2, 0.25) is 10.0 Å². The molecule has 1 atom stereocenters. The zero-order valence-electron chi connectivity index (χ0n) is 14.3. The van der Waals surface area contributed by atoms with Crippen LogP contribution in [0.15, 0.2) is 24.3 Å². The summed E-state index contributed by atoms with van der Waals surface area (Å²) in [4.78, 5) is 14.3. The van der Waals surface area contributed by atoms with E-state index in [-0.39, 0.29) is 5.91 Å². The van der Waals surface area contributed by atoms with E-state index in [0.29, 0.717) is 44.2 Å². The van der Waals surface area contributed by atoms with Gasteiger partial charge < -0.3 is 14.4 Å². The highest BCUT2D eigenvalue weighted by molar-refractivity contribution is 7.92. The number of morpholine rings is 1. The molecule has 1 fully saturated rings. The monoisotopic (exact) mass is 356 g/mol. The smallest absolute Gasteiger partial charge is 0.263 e. The molecule has 0 radical (unpaired) electrons. The van der Waals surface area contributed by atoms with E-state index in [2.05, 4.69) is 0 Å². The number of rotatable bonds is 6. The molecule has 1 amide bonds. The number of amides is 1. The molecule has 1 aromatic rings. The van der Waals surface area contributed by atoms with Crippen molar-refractivity contribution in [3.8, 4) is 5.75 Å². The van der Waals surface area contributed by atoms with E-state index in [1.54, 1.807) is 29.2 Å². The summed E-state index contributed by atoms with van der Waals surface area (Å²) in [5.74, 6) is 0.493. The van der Waals surface area contributed by atoms with E-state index in [0.717, 1.165) is 6.26 Å². The van der Waals surface area contributed by atoms with Crippen LogP contribution in [-0.4, -0.2) is 64.9 Å². The molecule has 134 valence electrons. The average Bonchev–Trinajstić information content (AvgIpc) is 2.59. The van der Waals surface area contributed by atoms with Gasteiger partial charge in [-0.05, 0) is 30.7 Å². The lowest BCUT2D eigenvalue weighted by Gasteiger charge is -2.30. The number of hydrogen-bond donors (Lipinski definition) is 0. The number of sulfonamides is 1. The highest BCUT2D eigenvalue weighted by Gasteiger charge is 2.26. The molecule has 7 nitrogen and oxygen atoms in total. The number of benzene rings is 1. The molecule has 0 bridgehead atoms. The van der Waals surface area contributed by atoms with Crippen molar-refractivity contribution in [1.29, 1.82) is 0 Å². The summed E-state index contributed by atoms with van der Waals surface area (Å²) in [6.07, 6.45) is 1.15. The fourth-order valence-electron chi connectivity index (χ4n) is 2.39. The first kappa shape index (κ1) is 18.5. The predicted octanol–water partition coefficient (Wildman–Crippen LogP) is 1.10. The Hall–Kier alpha value is -1.80. The summed E-state index contributed by atoms with van der Waals surface area (Å²) in [7, 11) is -1.82. The van der Waals surface area contributed by atoms with E-state index in [9.17, 15) is 13.2 Å². The second-order valence-electron chi connectivity index (χ2n) is 5.68. The van der Waals surface area contributed by atoms with Gasteiger partial charge in [-0.25, -0.2) is 8.42 Å². The van der Waals surface area contributed by atoms with Crippen LogP contribution < -0.4 is 9.04 Å². The van der Waals surface area contributed by atoms with E-state index in [1.807, 2.05) is 6.92 Å². The first-order valence-corrected chi connectivity index (χ1v) is 9.75. The number of nitrogens with zero attached hydrogens (tertiary/aromatic N) is 2. The molecule has 0 aliphatic carbocycles. The number of carbonyl (C=O) groups is 1. The minimum absolute atomic E-state index is 0.0434. The Morgan fingerprint density at radius 2 is 1.88 bits per heavy atom. The van der Waals surface area contributed by atoms with Crippen molar-refractivity contribution in [3.63, 3.8) is 0 Å². The minimum Gasteiger partial charge on any atom is -0.481 e. The van der Waals surface area contributed by atoms with Crippen molar-refractivity contribution >= 4 is 21.6 Å². The molecule has 1 aliphatic heterocycles. The van der Waals surface area contributed by atoms with E-state index >= 15 is 0 Å². The van der Waals surface area contributed by atoms with Gasteiger partial charge in [-0.3, -0.25) is 9.10 Å². The Bertz CT molecular complexity index is 654. The summed E-state index contributed by atoms with van der Waals surface area (Å²) >= 11 is 0. The van der Waals surface area contributed by atoms with Crippen LogP contribution in [0.2, 0.25) is 0 Å². The lowest BCUT2D eigenvalue weighted by molar-refractivity contribution is -0.142. The van der Waals surface area contributed by atoms with Crippen LogP contribution in [0.25, 0.3) is 0 Å². The Labute approximate surface area is 143 Å². The molecule has 2 rings (SSSR count). The molecule has 24 heavy (non-hydrogen) atoms. The van der Waals surface area contributed by atoms with Crippen LogP contribution in [-0.2, 0) is 19.6 Å². The summed E-state index contributed by atoms with van der Waals surface area (Å²) in [6, 6.07) is 6.66. The first-order chi connectivity index (χ1) is 11.3. The highest BCUT2D eigenvalue weighted by atomic mass is 32.2. The molecule has 0 unspecified atom stereocenters. The lowest BCUT2D eigenvalue weighted by atomic mass is 10.2. The van der Waals surface area contributed by atoms with Crippen LogP contribution in [0.5, 0.6) is 5.75 Å². The van der Waals surface area contributed by atoms with Gasteiger partial charge in [-0.15, -0.1) is 0 Å². The number of anilines is 1. The molecule has 8 heteroatoms. The number of carbonyl (C=O) groups excluding carboxylic acids is 1.